The molecule has 0 aromatic heterocycles. The number of carbonyl (C=O) groups is 2. The molecule has 37 heavy (non-hydrogen) atoms. The summed E-state index contributed by atoms with van der Waals surface area (Å²) in [5.41, 5.74) is 1.20. The highest BCUT2D eigenvalue weighted by atomic mass is 19.1. The second-order valence-electron chi connectivity index (χ2n) is 10.4. The van der Waals surface area contributed by atoms with E-state index in [1.165, 1.54) is 6.07 Å². The highest BCUT2D eigenvalue weighted by molar-refractivity contribution is 5.86. The lowest BCUT2D eigenvalue weighted by molar-refractivity contribution is -0.118. The van der Waals surface area contributed by atoms with Gasteiger partial charge in [-0.3, -0.25) is 4.79 Å². The number of nitrogens with zero attached hydrogens (tertiary/aromatic N) is 4. The molecule has 0 radical (unpaired) electrons. The number of benzene rings is 1. The van der Waals surface area contributed by atoms with Crippen LogP contribution in [0.3, 0.4) is 0 Å². The number of rotatable bonds is 10. The molecule has 0 bridgehead atoms. The molecular weight excluding hydrogens is 482 g/mol. The molecule has 0 unspecified atom stereocenters. The van der Waals surface area contributed by atoms with Crippen molar-refractivity contribution >= 4 is 23.3 Å². The molecule has 2 heterocycles. The number of amides is 1. The van der Waals surface area contributed by atoms with Gasteiger partial charge >= 0.3 is 6.09 Å². The van der Waals surface area contributed by atoms with Crippen LogP contribution in [0.4, 0.5) is 19.3 Å². The van der Waals surface area contributed by atoms with E-state index in [4.69, 9.17) is 9.57 Å². The van der Waals surface area contributed by atoms with Gasteiger partial charge in [-0.1, -0.05) is 5.16 Å². The molecule has 0 aliphatic carbocycles. The maximum absolute atomic E-state index is 14.9. The predicted molar refractivity (Wildman–Crippen MR) is 139 cm³/mol. The summed E-state index contributed by atoms with van der Waals surface area (Å²) in [6, 6.07) is 2.36. The van der Waals surface area contributed by atoms with E-state index in [2.05, 4.69) is 5.16 Å². The molecule has 2 aliphatic heterocycles. The average molecular weight is 523 g/mol. The quantitative estimate of drug-likeness (QED) is 0.424. The Labute approximate surface area is 218 Å². The zero-order valence-corrected chi connectivity index (χ0v) is 22.5. The molecule has 10 heteroatoms. The Hall–Kier alpha value is -2.75. The number of ether oxygens (including phenoxy) is 1. The van der Waals surface area contributed by atoms with Crippen molar-refractivity contribution in [3.63, 3.8) is 0 Å². The molecule has 0 atom stereocenters. The van der Waals surface area contributed by atoms with Gasteiger partial charge in [-0.2, -0.15) is 0 Å². The van der Waals surface area contributed by atoms with Crippen molar-refractivity contribution in [1.82, 2.24) is 9.80 Å². The van der Waals surface area contributed by atoms with Crippen molar-refractivity contribution < 1.29 is 27.9 Å². The van der Waals surface area contributed by atoms with Gasteiger partial charge in [-0.05, 0) is 52.5 Å². The summed E-state index contributed by atoms with van der Waals surface area (Å²) in [6.45, 7) is 6.57. The second-order valence-corrected chi connectivity index (χ2v) is 10.4. The van der Waals surface area contributed by atoms with Gasteiger partial charge < -0.3 is 24.3 Å². The summed E-state index contributed by atoms with van der Waals surface area (Å²) in [5.74, 6) is -1.16. The summed E-state index contributed by atoms with van der Waals surface area (Å²) in [7, 11) is 3.86. The van der Waals surface area contributed by atoms with E-state index >= 15 is 0 Å². The van der Waals surface area contributed by atoms with E-state index in [1.807, 2.05) is 32.8 Å². The molecule has 1 aromatic carbocycles. The Kier molecular flexibility index (Phi) is 10.7. The SMILES string of the molecule is CC(C)OC(=O)N1CCC(ON=C2CCN(c3cc(F)c(CC(=O)CCCN(C)C)cc3F)CC2)CC1. The fraction of sp³-hybridized carbons (Fsp3) is 0.667. The number of likely N-dealkylation sites (tertiary alicyclic amines) is 1. The summed E-state index contributed by atoms with van der Waals surface area (Å²) in [6.07, 6.45) is 3.00. The molecule has 2 aliphatic rings. The van der Waals surface area contributed by atoms with Crippen LogP contribution >= 0.6 is 0 Å². The maximum Gasteiger partial charge on any atom is 0.410 e. The number of ketones is 1. The number of Topliss-reactive ketones (excluding diaryl/α,β-unsaturated/α-hetero) is 1. The zero-order valence-electron chi connectivity index (χ0n) is 22.5. The van der Waals surface area contributed by atoms with Crippen molar-refractivity contribution in [3.8, 4) is 0 Å². The van der Waals surface area contributed by atoms with Crippen molar-refractivity contribution in [2.75, 3.05) is 51.7 Å². The van der Waals surface area contributed by atoms with E-state index in [9.17, 15) is 18.4 Å². The van der Waals surface area contributed by atoms with Crippen molar-refractivity contribution in [2.45, 2.75) is 71.0 Å². The third-order valence-electron chi connectivity index (χ3n) is 6.61. The van der Waals surface area contributed by atoms with Gasteiger partial charge in [-0.25, -0.2) is 13.6 Å². The number of carbonyl (C=O) groups excluding carboxylic acids is 2. The van der Waals surface area contributed by atoms with Crippen molar-refractivity contribution in [1.29, 1.82) is 0 Å². The number of hydrogen-bond donors (Lipinski definition) is 0. The van der Waals surface area contributed by atoms with Crippen LogP contribution in [-0.4, -0.2) is 86.4 Å². The number of piperidine rings is 2. The molecule has 0 saturated carbocycles. The Morgan fingerprint density at radius 1 is 1.08 bits per heavy atom. The molecule has 8 nitrogen and oxygen atoms in total. The Balaban J connectivity index is 1.45. The molecule has 1 aromatic rings. The fourth-order valence-corrected chi connectivity index (χ4v) is 4.51. The standard InChI is InChI=1S/C27H40F2N4O4/c1-19(2)36-27(35)33-14-9-23(10-15-33)37-30-21-7-12-32(13-8-21)26-18-24(28)20(17-25(26)29)16-22(34)6-5-11-31(3)4/h17-19,23H,5-16H2,1-4H3. The first-order valence-corrected chi connectivity index (χ1v) is 13.2. The molecule has 1 amide bonds. The number of anilines is 1. The Morgan fingerprint density at radius 3 is 2.38 bits per heavy atom. The Morgan fingerprint density at radius 2 is 1.76 bits per heavy atom. The van der Waals surface area contributed by atoms with Gasteiger partial charge in [0.05, 0.1) is 17.5 Å². The molecule has 206 valence electrons. The topological polar surface area (TPSA) is 74.7 Å². The smallest absolute Gasteiger partial charge is 0.410 e. The van der Waals surface area contributed by atoms with E-state index in [0.717, 1.165) is 18.3 Å². The number of oxime groups is 1. The molecule has 0 spiro atoms. The molecule has 2 saturated heterocycles. The van der Waals surface area contributed by atoms with Gasteiger partial charge in [0.15, 0.2) is 0 Å². The third-order valence-corrected chi connectivity index (χ3v) is 6.61. The zero-order chi connectivity index (χ0) is 26.9. The molecule has 0 N–H and O–H groups in total. The average Bonchev–Trinajstić information content (AvgIpc) is 2.85. The van der Waals surface area contributed by atoms with E-state index in [0.29, 0.717) is 64.7 Å². The first-order chi connectivity index (χ1) is 17.6. The largest absolute Gasteiger partial charge is 0.447 e. The minimum Gasteiger partial charge on any atom is -0.447 e. The van der Waals surface area contributed by atoms with Crippen LogP contribution < -0.4 is 4.90 Å². The highest BCUT2D eigenvalue weighted by Crippen LogP contribution is 2.27. The van der Waals surface area contributed by atoms with Crippen molar-refractivity contribution in [2.24, 2.45) is 5.16 Å². The van der Waals surface area contributed by atoms with Crippen molar-refractivity contribution in [3.05, 3.63) is 29.3 Å². The van der Waals surface area contributed by atoms with Gasteiger partial charge in [0.1, 0.15) is 23.5 Å². The minimum absolute atomic E-state index is 0.0571. The minimum atomic E-state index is -0.552. The van der Waals surface area contributed by atoms with Crippen LogP contribution in [0.2, 0.25) is 0 Å². The van der Waals surface area contributed by atoms with Crippen LogP contribution in [0.15, 0.2) is 17.3 Å². The van der Waals surface area contributed by atoms with Crippen LogP contribution in [0, 0.1) is 11.6 Å². The first kappa shape index (κ1) is 28.8. The maximum atomic E-state index is 14.9. The Bertz CT molecular complexity index is 952. The second kappa shape index (κ2) is 13.7. The lowest BCUT2D eigenvalue weighted by Crippen LogP contribution is -2.41. The van der Waals surface area contributed by atoms with Gasteiger partial charge in [0, 0.05) is 70.8 Å². The molecule has 2 fully saturated rings. The van der Waals surface area contributed by atoms with Gasteiger partial charge in [0.2, 0.25) is 0 Å². The lowest BCUT2D eigenvalue weighted by Gasteiger charge is -2.32. The summed E-state index contributed by atoms with van der Waals surface area (Å²) < 4.78 is 34.8. The summed E-state index contributed by atoms with van der Waals surface area (Å²) >= 11 is 0. The van der Waals surface area contributed by atoms with E-state index in [1.54, 1.807) is 9.80 Å². The highest BCUT2D eigenvalue weighted by Gasteiger charge is 2.26. The third kappa shape index (κ3) is 8.94. The first-order valence-electron chi connectivity index (χ1n) is 13.2. The predicted octanol–water partition coefficient (Wildman–Crippen LogP) is 4.40. The van der Waals surface area contributed by atoms with Crippen LogP contribution in [0.5, 0.6) is 0 Å². The normalized spacial score (nSPS) is 16.9. The van der Waals surface area contributed by atoms with Crippen LogP contribution in [0.1, 0.15) is 57.9 Å². The summed E-state index contributed by atoms with van der Waals surface area (Å²) in [4.78, 5) is 35.4. The number of halogens is 2. The lowest BCUT2D eigenvalue weighted by atomic mass is 10.0. The fourth-order valence-electron chi connectivity index (χ4n) is 4.51. The summed E-state index contributed by atoms with van der Waals surface area (Å²) in [5, 5.41) is 4.32. The molecule has 3 rings (SSSR count). The van der Waals surface area contributed by atoms with Crippen LogP contribution in [-0.2, 0) is 20.8 Å². The van der Waals surface area contributed by atoms with Gasteiger partial charge in [-0.15, -0.1) is 0 Å². The van der Waals surface area contributed by atoms with Crippen LogP contribution in [0.25, 0.3) is 0 Å². The van der Waals surface area contributed by atoms with Gasteiger partial charge in [0.25, 0.3) is 0 Å². The van der Waals surface area contributed by atoms with E-state index in [-0.39, 0.29) is 41.8 Å². The number of hydrogen-bond acceptors (Lipinski definition) is 7. The molecular formula is C27H40F2N4O4. The monoisotopic (exact) mass is 522 g/mol. The van der Waals surface area contributed by atoms with E-state index < -0.39 is 11.6 Å².